The molecular weight excluding hydrogens is 449 g/mol. The summed E-state index contributed by atoms with van der Waals surface area (Å²) in [5, 5.41) is 15.7. The molecule has 0 spiro atoms. The normalized spacial score (nSPS) is 11.5. The number of benzene rings is 2. The molecule has 0 aliphatic rings. The molecule has 0 fully saturated rings. The third kappa shape index (κ3) is 5.46. The number of alkyl halides is 3. The largest absolute Gasteiger partial charge is 0.481 e. The van der Waals surface area contributed by atoms with E-state index in [2.05, 4.69) is 20.4 Å². The zero-order chi connectivity index (χ0) is 24.1. The average molecular weight is 468 g/mol. The SMILES string of the molecule is O=C(O)CCNCc1ccc(-c2noc(-c3ccc(-c4ncccc4C(F)(F)F)cc3)n2)cc1. The Hall–Kier alpha value is -4.05. The van der Waals surface area contributed by atoms with Crippen LogP contribution in [0.5, 0.6) is 0 Å². The van der Waals surface area contributed by atoms with Gasteiger partial charge in [-0.2, -0.15) is 18.2 Å². The monoisotopic (exact) mass is 468 g/mol. The van der Waals surface area contributed by atoms with Gasteiger partial charge in [-0.25, -0.2) is 0 Å². The maximum Gasteiger partial charge on any atom is 0.418 e. The number of carboxylic acid groups (broad SMARTS) is 1. The predicted octanol–water partition coefficient (Wildman–Crippen LogP) is 5.05. The molecule has 2 N–H and O–H groups in total. The molecule has 0 atom stereocenters. The zero-order valence-electron chi connectivity index (χ0n) is 17.7. The Morgan fingerprint density at radius 3 is 2.32 bits per heavy atom. The van der Waals surface area contributed by atoms with Crippen molar-refractivity contribution in [1.82, 2.24) is 20.4 Å². The van der Waals surface area contributed by atoms with Crippen molar-refractivity contribution in [2.75, 3.05) is 6.54 Å². The van der Waals surface area contributed by atoms with E-state index in [1.54, 1.807) is 12.1 Å². The van der Waals surface area contributed by atoms with Gasteiger partial charge in [0.25, 0.3) is 5.89 Å². The Kier molecular flexibility index (Phi) is 6.69. The van der Waals surface area contributed by atoms with Crippen LogP contribution in [0.2, 0.25) is 0 Å². The van der Waals surface area contributed by atoms with Crippen LogP contribution in [-0.2, 0) is 17.5 Å². The highest BCUT2D eigenvalue weighted by Gasteiger charge is 2.34. The molecule has 0 radical (unpaired) electrons. The first-order valence-electron chi connectivity index (χ1n) is 10.3. The summed E-state index contributed by atoms with van der Waals surface area (Å²) in [5.41, 5.74) is 1.63. The Morgan fingerprint density at radius 2 is 1.65 bits per heavy atom. The first-order chi connectivity index (χ1) is 16.3. The number of pyridine rings is 1. The van der Waals surface area contributed by atoms with Crippen LogP contribution in [0.1, 0.15) is 17.5 Å². The van der Waals surface area contributed by atoms with Gasteiger partial charge in [-0.15, -0.1) is 0 Å². The molecule has 0 amide bonds. The van der Waals surface area contributed by atoms with E-state index in [0.29, 0.717) is 30.0 Å². The van der Waals surface area contributed by atoms with Crippen molar-refractivity contribution in [1.29, 1.82) is 0 Å². The third-order valence-corrected chi connectivity index (χ3v) is 5.00. The van der Waals surface area contributed by atoms with Gasteiger partial charge in [0.2, 0.25) is 5.82 Å². The number of nitrogens with one attached hydrogen (secondary N) is 1. The van der Waals surface area contributed by atoms with Crippen LogP contribution in [0, 0.1) is 0 Å². The molecule has 2 heterocycles. The fraction of sp³-hybridized carbons (Fsp3) is 0.167. The fourth-order valence-corrected chi connectivity index (χ4v) is 3.29. The molecule has 34 heavy (non-hydrogen) atoms. The van der Waals surface area contributed by atoms with E-state index in [4.69, 9.17) is 9.63 Å². The summed E-state index contributed by atoms with van der Waals surface area (Å²) >= 11 is 0. The van der Waals surface area contributed by atoms with Crippen LogP contribution >= 0.6 is 0 Å². The van der Waals surface area contributed by atoms with Crippen molar-refractivity contribution in [2.24, 2.45) is 0 Å². The molecule has 0 bridgehead atoms. The molecule has 2 aromatic carbocycles. The molecular formula is C24H19F3N4O3. The minimum Gasteiger partial charge on any atom is -0.481 e. The highest BCUT2D eigenvalue weighted by atomic mass is 19.4. The smallest absolute Gasteiger partial charge is 0.418 e. The number of carbonyl (C=O) groups is 1. The molecule has 4 rings (SSSR count). The molecule has 10 heteroatoms. The van der Waals surface area contributed by atoms with Crippen LogP contribution < -0.4 is 5.32 Å². The van der Waals surface area contributed by atoms with Gasteiger partial charge in [0, 0.05) is 36.0 Å². The number of hydrogen-bond acceptors (Lipinski definition) is 6. The van der Waals surface area contributed by atoms with E-state index >= 15 is 0 Å². The fourth-order valence-electron chi connectivity index (χ4n) is 3.29. The molecule has 7 nitrogen and oxygen atoms in total. The molecule has 174 valence electrons. The Morgan fingerprint density at radius 1 is 0.971 bits per heavy atom. The van der Waals surface area contributed by atoms with Crippen LogP contribution in [-0.4, -0.2) is 32.7 Å². The lowest BCUT2D eigenvalue weighted by Crippen LogP contribution is -2.17. The van der Waals surface area contributed by atoms with E-state index in [1.165, 1.54) is 24.4 Å². The first kappa shape index (κ1) is 23.1. The van der Waals surface area contributed by atoms with Crippen LogP contribution in [0.3, 0.4) is 0 Å². The van der Waals surface area contributed by atoms with Crippen molar-refractivity contribution in [2.45, 2.75) is 19.1 Å². The highest BCUT2D eigenvalue weighted by molar-refractivity contribution is 5.68. The van der Waals surface area contributed by atoms with Crippen molar-refractivity contribution in [3.05, 3.63) is 78.0 Å². The summed E-state index contributed by atoms with van der Waals surface area (Å²) < 4.78 is 45.2. The van der Waals surface area contributed by atoms with Gasteiger partial charge in [0.1, 0.15) is 0 Å². The maximum atomic E-state index is 13.3. The van der Waals surface area contributed by atoms with E-state index in [9.17, 15) is 18.0 Å². The minimum atomic E-state index is -4.51. The van der Waals surface area contributed by atoms with Crippen molar-refractivity contribution in [3.8, 4) is 34.1 Å². The van der Waals surface area contributed by atoms with Crippen LogP contribution in [0.25, 0.3) is 34.1 Å². The van der Waals surface area contributed by atoms with Crippen LogP contribution in [0.4, 0.5) is 13.2 Å². The summed E-state index contributed by atoms with van der Waals surface area (Å²) in [7, 11) is 0. The molecule has 0 saturated heterocycles. The van der Waals surface area contributed by atoms with E-state index in [0.717, 1.165) is 17.2 Å². The average Bonchev–Trinajstić information content (AvgIpc) is 3.32. The summed E-state index contributed by atoms with van der Waals surface area (Å²) in [6.45, 7) is 0.908. The van der Waals surface area contributed by atoms with Crippen molar-refractivity contribution < 1.29 is 27.6 Å². The van der Waals surface area contributed by atoms with Gasteiger partial charge < -0.3 is 14.9 Å². The number of carboxylic acids is 1. The lowest BCUT2D eigenvalue weighted by molar-refractivity contribution is -0.138. The Labute approximate surface area is 192 Å². The number of nitrogens with zero attached hydrogens (tertiary/aromatic N) is 3. The van der Waals surface area contributed by atoms with Gasteiger partial charge >= 0.3 is 12.1 Å². The lowest BCUT2D eigenvalue weighted by Gasteiger charge is -2.11. The molecule has 2 aromatic heterocycles. The summed E-state index contributed by atoms with van der Waals surface area (Å²) in [5.74, 6) is -0.250. The zero-order valence-corrected chi connectivity index (χ0v) is 17.7. The second-order valence-corrected chi connectivity index (χ2v) is 7.42. The summed E-state index contributed by atoms with van der Waals surface area (Å²) in [6.07, 6.45) is -3.13. The van der Waals surface area contributed by atoms with Gasteiger partial charge in [0.05, 0.1) is 17.7 Å². The van der Waals surface area contributed by atoms with E-state index in [1.807, 2.05) is 24.3 Å². The topological polar surface area (TPSA) is 101 Å². The quantitative estimate of drug-likeness (QED) is 0.349. The Bertz CT molecular complexity index is 1270. The number of halogens is 3. The van der Waals surface area contributed by atoms with E-state index < -0.39 is 17.7 Å². The molecule has 4 aromatic rings. The summed E-state index contributed by atoms with van der Waals surface area (Å²) in [4.78, 5) is 18.8. The third-order valence-electron chi connectivity index (χ3n) is 5.00. The molecule has 0 aliphatic carbocycles. The predicted molar refractivity (Wildman–Crippen MR) is 117 cm³/mol. The lowest BCUT2D eigenvalue weighted by atomic mass is 10.0. The second-order valence-electron chi connectivity index (χ2n) is 7.42. The summed E-state index contributed by atoms with van der Waals surface area (Å²) in [6, 6.07) is 15.9. The van der Waals surface area contributed by atoms with Crippen molar-refractivity contribution >= 4 is 5.97 Å². The van der Waals surface area contributed by atoms with E-state index in [-0.39, 0.29) is 18.0 Å². The first-order valence-corrected chi connectivity index (χ1v) is 10.3. The number of hydrogen-bond donors (Lipinski definition) is 2. The van der Waals surface area contributed by atoms with Gasteiger partial charge in [0.15, 0.2) is 0 Å². The Balaban J connectivity index is 1.46. The molecule has 0 saturated carbocycles. The van der Waals surface area contributed by atoms with Crippen LogP contribution in [0.15, 0.2) is 71.4 Å². The van der Waals surface area contributed by atoms with Crippen molar-refractivity contribution in [3.63, 3.8) is 0 Å². The molecule has 0 unspecified atom stereocenters. The molecule has 0 aliphatic heterocycles. The number of aromatic nitrogens is 3. The van der Waals surface area contributed by atoms with Gasteiger partial charge in [-0.3, -0.25) is 9.78 Å². The second kappa shape index (κ2) is 9.84. The number of rotatable bonds is 8. The minimum absolute atomic E-state index is 0.0516. The number of aliphatic carboxylic acids is 1. The maximum absolute atomic E-state index is 13.3. The standard InChI is InChI=1S/C24H19F3N4O3/c25-24(26,27)19-2-1-12-29-21(19)16-7-9-18(10-8-16)23-30-22(31-34-23)17-5-3-15(4-6-17)14-28-13-11-20(32)33/h1-10,12,28H,11,13-14H2,(H,32,33). The van der Waals surface area contributed by atoms with Gasteiger partial charge in [-0.05, 0) is 29.8 Å². The van der Waals surface area contributed by atoms with Gasteiger partial charge in [-0.1, -0.05) is 41.6 Å². The highest BCUT2D eigenvalue weighted by Crippen LogP contribution is 2.36.